The van der Waals surface area contributed by atoms with E-state index in [0.717, 1.165) is 0 Å². The molecule has 0 amide bonds. The van der Waals surface area contributed by atoms with Gasteiger partial charge in [0.25, 0.3) is 0 Å². The SMILES string of the molecule is C=C/C=C(/c1ccccc1C)N(C)C. The van der Waals surface area contributed by atoms with Gasteiger partial charge in [0.05, 0.1) is 0 Å². The van der Waals surface area contributed by atoms with Crippen LogP contribution in [0, 0.1) is 6.92 Å². The predicted octanol–water partition coefficient (Wildman–Crippen LogP) is 3.08. The number of nitrogens with zero attached hydrogens (tertiary/aromatic N) is 1. The molecule has 74 valence electrons. The largest absolute Gasteiger partial charge is 0.377 e. The van der Waals surface area contributed by atoms with Gasteiger partial charge >= 0.3 is 0 Å². The first-order valence-electron chi connectivity index (χ1n) is 4.73. The normalized spacial score (nSPS) is 11.2. The van der Waals surface area contributed by atoms with Crippen LogP contribution >= 0.6 is 0 Å². The molecule has 0 heterocycles. The highest BCUT2D eigenvalue weighted by Crippen LogP contribution is 2.20. The Morgan fingerprint density at radius 3 is 2.43 bits per heavy atom. The molecule has 0 aliphatic heterocycles. The molecule has 1 aromatic carbocycles. The average Bonchev–Trinajstić information content (AvgIpc) is 2.15. The van der Waals surface area contributed by atoms with Crippen molar-refractivity contribution in [3.05, 3.63) is 54.1 Å². The number of rotatable bonds is 3. The van der Waals surface area contributed by atoms with E-state index in [1.807, 2.05) is 26.2 Å². The van der Waals surface area contributed by atoms with Gasteiger partial charge in [-0.3, -0.25) is 0 Å². The van der Waals surface area contributed by atoms with Crippen molar-refractivity contribution in [2.45, 2.75) is 6.92 Å². The Balaban J connectivity index is 3.19. The summed E-state index contributed by atoms with van der Waals surface area (Å²) in [4.78, 5) is 2.10. The van der Waals surface area contributed by atoms with Gasteiger partial charge in [-0.05, 0) is 18.6 Å². The third-order valence-corrected chi connectivity index (χ3v) is 2.18. The summed E-state index contributed by atoms with van der Waals surface area (Å²) in [5.41, 5.74) is 3.74. The van der Waals surface area contributed by atoms with E-state index in [-0.39, 0.29) is 0 Å². The van der Waals surface area contributed by atoms with Gasteiger partial charge in [0, 0.05) is 25.4 Å². The summed E-state index contributed by atoms with van der Waals surface area (Å²) < 4.78 is 0. The summed E-state index contributed by atoms with van der Waals surface area (Å²) in [5, 5.41) is 0. The first-order valence-corrected chi connectivity index (χ1v) is 4.73. The van der Waals surface area contributed by atoms with Crippen LogP contribution in [0.15, 0.2) is 43.0 Å². The lowest BCUT2D eigenvalue weighted by Crippen LogP contribution is -2.10. The molecule has 0 fully saturated rings. The summed E-state index contributed by atoms with van der Waals surface area (Å²) >= 11 is 0. The van der Waals surface area contributed by atoms with E-state index in [4.69, 9.17) is 0 Å². The zero-order chi connectivity index (χ0) is 10.6. The molecule has 0 saturated heterocycles. The van der Waals surface area contributed by atoms with Crippen LogP contribution in [0.2, 0.25) is 0 Å². The van der Waals surface area contributed by atoms with E-state index in [1.165, 1.54) is 16.8 Å². The molecule has 0 saturated carbocycles. The van der Waals surface area contributed by atoms with Crippen LogP contribution in [-0.2, 0) is 0 Å². The molecule has 1 heteroatoms. The molecule has 1 nitrogen and oxygen atoms in total. The second kappa shape index (κ2) is 4.66. The average molecular weight is 187 g/mol. The minimum absolute atomic E-state index is 1.19. The Kier molecular flexibility index (Phi) is 3.52. The van der Waals surface area contributed by atoms with Crippen LogP contribution in [0.3, 0.4) is 0 Å². The van der Waals surface area contributed by atoms with Crippen LogP contribution in [0.25, 0.3) is 5.70 Å². The first kappa shape index (κ1) is 10.6. The summed E-state index contributed by atoms with van der Waals surface area (Å²) in [7, 11) is 4.09. The molecule has 1 aromatic rings. The number of allylic oxidation sites excluding steroid dienone is 2. The lowest BCUT2D eigenvalue weighted by Gasteiger charge is -2.18. The minimum atomic E-state index is 1.19. The van der Waals surface area contributed by atoms with Crippen LogP contribution in [0.1, 0.15) is 11.1 Å². The zero-order valence-corrected chi connectivity index (χ0v) is 9.12. The lowest BCUT2D eigenvalue weighted by atomic mass is 10.0. The maximum Gasteiger partial charge on any atom is 0.0437 e. The summed E-state index contributed by atoms with van der Waals surface area (Å²) in [6, 6.07) is 8.36. The third-order valence-electron chi connectivity index (χ3n) is 2.18. The van der Waals surface area contributed by atoms with E-state index >= 15 is 0 Å². The molecule has 14 heavy (non-hydrogen) atoms. The van der Waals surface area contributed by atoms with Crippen molar-refractivity contribution in [3.8, 4) is 0 Å². The van der Waals surface area contributed by atoms with Crippen molar-refractivity contribution in [1.29, 1.82) is 0 Å². The van der Waals surface area contributed by atoms with Gasteiger partial charge in [0.1, 0.15) is 0 Å². The van der Waals surface area contributed by atoms with Crippen molar-refractivity contribution in [1.82, 2.24) is 4.90 Å². The Morgan fingerprint density at radius 2 is 1.93 bits per heavy atom. The van der Waals surface area contributed by atoms with Gasteiger partial charge in [-0.2, -0.15) is 0 Å². The van der Waals surface area contributed by atoms with Crippen molar-refractivity contribution in [3.63, 3.8) is 0 Å². The van der Waals surface area contributed by atoms with Gasteiger partial charge < -0.3 is 4.90 Å². The molecule has 0 spiro atoms. The van der Waals surface area contributed by atoms with Crippen LogP contribution in [0.5, 0.6) is 0 Å². The topological polar surface area (TPSA) is 3.24 Å². The smallest absolute Gasteiger partial charge is 0.0437 e. The molecular formula is C13H17N. The minimum Gasteiger partial charge on any atom is -0.377 e. The standard InChI is InChI=1S/C13H17N/c1-5-8-13(14(3)4)12-10-7-6-9-11(12)2/h5-10H,1H2,2-4H3/b13-8-. The van der Waals surface area contributed by atoms with E-state index in [0.29, 0.717) is 0 Å². The Bertz CT molecular complexity index is 348. The number of benzene rings is 1. The van der Waals surface area contributed by atoms with Gasteiger partial charge in [-0.25, -0.2) is 0 Å². The quantitative estimate of drug-likeness (QED) is 0.657. The zero-order valence-electron chi connectivity index (χ0n) is 9.12. The maximum atomic E-state index is 3.73. The van der Waals surface area contributed by atoms with E-state index < -0.39 is 0 Å². The molecule has 0 radical (unpaired) electrons. The second-order valence-corrected chi connectivity index (χ2v) is 3.50. The summed E-state index contributed by atoms with van der Waals surface area (Å²) in [6.07, 6.45) is 3.85. The molecular weight excluding hydrogens is 170 g/mol. The second-order valence-electron chi connectivity index (χ2n) is 3.50. The van der Waals surface area contributed by atoms with Crippen LogP contribution in [-0.4, -0.2) is 19.0 Å². The molecule has 0 atom stereocenters. The number of aryl methyl sites for hydroxylation is 1. The first-order chi connectivity index (χ1) is 6.66. The van der Waals surface area contributed by atoms with Gasteiger partial charge in [0.15, 0.2) is 0 Å². The fourth-order valence-electron chi connectivity index (χ4n) is 1.45. The van der Waals surface area contributed by atoms with Crippen molar-refractivity contribution in [2.24, 2.45) is 0 Å². The van der Waals surface area contributed by atoms with Gasteiger partial charge in [0.2, 0.25) is 0 Å². The van der Waals surface area contributed by atoms with Crippen LogP contribution < -0.4 is 0 Å². The van der Waals surface area contributed by atoms with Gasteiger partial charge in [-0.1, -0.05) is 36.9 Å². The highest BCUT2D eigenvalue weighted by molar-refractivity contribution is 5.67. The highest BCUT2D eigenvalue weighted by Gasteiger charge is 2.04. The molecule has 1 rings (SSSR count). The number of hydrogen-bond acceptors (Lipinski definition) is 1. The molecule has 0 aliphatic rings. The Morgan fingerprint density at radius 1 is 1.29 bits per heavy atom. The van der Waals surface area contributed by atoms with Crippen molar-refractivity contribution in [2.75, 3.05) is 14.1 Å². The lowest BCUT2D eigenvalue weighted by molar-refractivity contribution is 0.591. The van der Waals surface area contributed by atoms with Gasteiger partial charge in [-0.15, -0.1) is 0 Å². The monoisotopic (exact) mass is 187 g/mol. The molecule has 0 bridgehead atoms. The summed E-state index contributed by atoms with van der Waals surface area (Å²) in [6.45, 7) is 5.86. The van der Waals surface area contributed by atoms with E-state index in [2.05, 4.69) is 42.7 Å². The molecule has 0 aliphatic carbocycles. The molecule has 0 aromatic heterocycles. The Hall–Kier alpha value is -1.50. The Labute approximate surface area is 86.4 Å². The summed E-state index contributed by atoms with van der Waals surface area (Å²) in [5.74, 6) is 0. The van der Waals surface area contributed by atoms with Crippen LogP contribution in [0.4, 0.5) is 0 Å². The maximum absolute atomic E-state index is 3.73. The predicted molar refractivity (Wildman–Crippen MR) is 63.0 cm³/mol. The highest BCUT2D eigenvalue weighted by atomic mass is 15.1. The van der Waals surface area contributed by atoms with Crippen molar-refractivity contribution >= 4 is 5.70 Å². The third kappa shape index (κ3) is 2.25. The fraction of sp³-hybridized carbons (Fsp3) is 0.231. The van der Waals surface area contributed by atoms with E-state index in [1.54, 1.807) is 0 Å². The number of hydrogen-bond donors (Lipinski definition) is 0. The van der Waals surface area contributed by atoms with E-state index in [9.17, 15) is 0 Å². The molecule has 0 unspecified atom stereocenters. The van der Waals surface area contributed by atoms with Crippen molar-refractivity contribution < 1.29 is 0 Å². The fourth-order valence-corrected chi connectivity index (χ4v) is 1.45. The molecule has 0 N–H and O–H groups in total.